The molecule has 0 saturated heterocycles. The summed E-state index contributed by atoms with van der Waals surface area (Å²) in [5.41, 5.74) is 11.6. The van der Waals surface area contributed by atoms with E-state index in [-0.39, 0.29) is 24.2 Å². The molecule has 0 unspecified atom stereocenters. The summed E-state index contributed by atoms with van der Waals surface area (Å²) in [4.78, 5) is 17.3. The molecule has 9 nitrogen and oxygen atoms in total. The Morgan fingerprint density at radius 2 is 1.91 bits per heavy atom. The average Bonchev–Trinajstić information content (AvgIpc) is 3.36. The van der Waals surface area contributed by atoms with Crippen LogP contribution >= 0.6 is 0 Å². The number of hydrogen-bond acceptors (Lipinski definition) is 7. The van der Waals surface area contributed by atoms with Gasteiger partial charge in [-0.3, -0.25) is 4.79 Å². The van der Waals surface area contributed by atoms with Crippen molar-refractivity contribution in [1.29, 1.82) is 0 Å². The van der Waals surface area contributed by atoms with Crippen LogP contribution in [0.2, 0.25) is 0 Å². The SMILES string of the molecule is CCNc1nn(CC(=O)Nc2ccc(C)cc2C)c(N)c1-c1nc(-c2ccccc2C)no1. The fourth-order valence-electron chi connectivity index (χ4n) is 3.64. The molecule has 4 aromatic rings. The van der Waals surface area contributed by atoms with E-state index in [1.165, 1.54) is 4.68 Å². The molecule has 0 bridgehead atoms. The molecule has 1 amide bonds. The van der Waals surface area contributed by atoms with E-state index in [2.05, 4.69) is 25.9 Å². The topological polar surface area (TPSA) is 124 Å². The van der Waals surface area contributed by atoms with Crippen LogP contribution < -0.4 is 16.4 Å². The van der Waals surface area contributed by atoms with Gasteiger partial charge >= 0.3 is 0 Å². The summed E-state index contributed by atoms with van der Waals surface area (Å²) in [7, 11) is 0. The molecule has 4 N–H and O–H groups in total. The van der Waals surface area contributed by atoms with Gasteiger partial charge in [0.15, 0.2) is 5.82 Å². The zero-order valence-corrected chi connectivity index (χ0v) is 19.1. The van der Waals surface area contributed by atoms with Crippen LogP contribution in [0.5, 0.6) is 0 Å². The number of anilines is 3. The van der Waals surface area contributed by atoms with Gasteiger partial charge in [-0.2, -0.15) is 10.1 Å². The largest absolute Gasteiger partial charge is 0.383 e. The number of nitrogens with two attached hydrogens (primary N) is 1. The number of nitrogens with one attached hydrogen (secondary N) is 2. The Balaban J connectivity index is 1.62. The summed E-state index contributed by atoms with van der Waals surface area (Å²) in [6.45, 7) is 8.44. The fraction of sp³-hybridized carbons (Fsp3) is 0.250. The van der Waals surface area contributed by atoms with E-state index in [1.54, 1.807) is 0 Å². The Hall–Kier alpha value is -4.14. The number of aryl methyl sites for hydroxylation is 3. The van der Waals surface area contributed by atoms with Gasteiger partial charge in [0.1, 0.15) is 17.9 Å². The van der Waals surface area contributed by atoms with Crippen molar-refractivity contribution in [2.24, 2.45) is 0 Å². The zero-order valence-electron chi connectivity index (χ0n) is 19.1. The van der Waals surface area contributed by atoms with Crippen LogP contribution in [0, 0.1) is 20.8 Å². The lowest BCUT2D eigenvalue weighted by Gasteiger charge is -2.10. The molecule has 0 atom stereocenters. The van der Waals surface area contributed by atoms with E-state index >= 15 is 0 Å². The van der Waals surface area contributed by atoms with Crippen LogP contribution in [0.4, 0.5) is 17.3 Å². The molecule has 0 radical (unpaired) electrons. The molecule has 0 aliphatic carbocycles. The Morgan fingerprint density at radius 1 is 1.12 bits per heavy atom. The van der Waals surface area contributed by atoms with Crippen molar-refractivity contribution in [1.82, 2.24) is 19.9 Å². The molecule has 4 rings (SSSR count). The standard InChI is InChI=1S/C24H27N7O2/c1-5-26-23-20(24-28-22(30-33-24)17-9-7-6-8-15(17)3)21(25)31(29-23)13-19(32)27-18-11-10-14(2)12-16(18)4/h6-12H,5,13,25H2,1-4H3,(H,26,29)(H,27,32). The zero-order chi connectivity index (χ0) is 23.5. The van der Waals surface area contributed by atoms with Gasteiger partial charge in [-0.15, -0.1) is 0 Å². The number of nitrogen functional groups attached to an aromatic ring is 1. The van der Waals surface area contributed by atoms with E-state index in [0.29, 0.717) is 23.8 Å². The first kappa shape index (κ1) is 22.1. The number of benzene rings is 2. The minimum atomic E-state index is -0.239. The summed E-state index contributed by atoms with van der Waals surface area (Å²) in [6.07, 6.45) is 0. The third kappa shape index (κ3) is 4.57. The molecule has 0 aliphatic rings. The van der Waals surface area contributed by atoms with E-state index in [4.69, 9.17) is 10.3 Å². The third-order valence-corrected chi connectivity index (χ3v) is 5.31. The van der Waals surface area contributed by atoms with Crippen molar-refractivity contribution < 1.29 is 9.32 Å². The van der Waals surface area contributed by atoms with Crippen molar-refractivity contribution >= 4 is 23.2 Å². The summed E-state index contributed by atoms with van der Waals surface area (Å²) in [5.74, 6) is 1.21. The predicted octanol–water partition coefficient (Wildman–Crippen LogP) is 4.18. The minimum absolute atomic E-state index is 0.0592. The first-order valence-corrected chi connectivity index (χ1v) is 10.7. The highest BCUT2D eigenvalue weighted by Crippen LogP contribution is 2.34. The number of carbonyl (C=O) groups excluding carboxylic acids is 1. The monoisotopic (exact) mass is 445 g/mol. The Bertz CT molecular complexity index is 1310. The third-order valence-electron chi connectivity index (χ3n) is 5.31. The number of amides is 1. The number of nitrogens with zero attached hydrogens (tertiary/aromatic N) is 4. The molecule has 2 aromatic carbocycles. The maximum absolute atomic E-state index is 12.7. The molecule has 9 heteroatoms. The normalized spacial score (nSPS) is 10.9. The van der Waals surface area contributed by atoms with Crippen molar-refractivity contribution in [2.75, 3.05) is 22.9 Å². The Kier molecular flexibility index (Phi) is 6.12. The highest BCUT2D eigenvalue weighted by molar-refractivity contribution is 5.92. The van der Waals surface area contributed by atoms with Gasteiger partial charge in [0.05, 0.1) is 0 Å². The van der Waals surface area contributed by atoms with E-state index in [9.17, 15) is 4.79 Å². The minimum Gasteiger partial charge on any atom is -0.383 e. The van der Waals surface area contributed by atoms with Gasteiger partial charge < -0.3 is 20.9 Å². The van der Waals surface area contributed by atoms with Crippen LogP contribution in [0.15, 0.2) is 47.0 Å². The lowest BCUT2D eigenvalue weighted by atomic mass is 10.1. The van der Waals surface area contributed by atoms with Gasteiger partial charge in [0.25, 0.3) is 5.89 Å². The van der Waals surface area contributed by atoms with Crippen LogP contribution in [-0.4, -0.2) is 32.4 Å². The first-order valence-electron chi connectivity index (χ1n) is 10.7. The van der Waals surface area contributed by atoms with Gasteiger partial charge in [0, 0.05) is 17.8 Å². The van der Waals surface area contributed by atoms with Crippen LogP contribution in [0.25, 0.3) is 22.8 Å². The maximum atomic E-state index is 12.7. The van der Waals surface area contributed by atoms with Crippen LogP contribution in [0.3, 0.4) is 0 Å². The van der Waals surface area contributed by atoms with Crippen molar-refractivity contribution in [3.8, 4) is 22.8 Å². The Morgan fingerprint density at radius 3 is 2.64 bits per heavy atom. The second-order valence-corrected chi connectivity index (χ2v) is 7.90. The van der Waals surface area contributed by atoms with E-state index in [0.717, 1.165) is 27.9 Å². The second kappa shape index (κ2) is 9.15. The molecule has 170 valence electrons. The van der Waals surface area contributed by atoms with Gasteiger partial charge in [-0.1, -0.05) is 47.1 Å². The molecular formula is C24H27N7O2. The van der Waals surface area contributed by atoms with E-state index < -0.39 is 0 Å². The second-order valence-electron chi connectivity index (χ2n) is 7.90. The smallest absolute Gasteiger partial charge is 0.265 e. The molecule has 0 fully saturated rings. The number of hydrogen-bond donors (Lipinski definition) is 3. The highest BCUT2D eigenvalue weighted by atomic mass is 16.5. The fourth-order valence-corrected chi connectivity index (χ4v) is 3.64. The molecule has 0 saturated carbocycles. The molecule has 0 spiro atoms. The summed E-state index contributed by atoms with van der Waals surface area (Å²) < 4.78 is 6.97. The lowest BCUT2D eigenvalue weighted by Crippen LogP contribution is -2.21. The molecule has 2 heterocycles. The highest BCUT2D eigenvalue weighted by Gasteiger charge is 2.24. The number of aromatic nitrogens is 4. The van der Waals surface area contributed by atoms with Gasteiger partial charge in [0.2, 0.25) is 11.7 Å². The molecule has 33 heavy (non-hydrogen) atoms. The lowest BCUT2D eigenvalue weighted by molar-refractivity contribution is -0.116. The summed E-state index contributed by atoms with van der Waals surface area (Å²) in [6, 6.07) is 13.6. The summed E-state index contributed by atoms with van der Waals surface area (Å²) in [5, 5.41) is 14.7. The van der Waals surface area contributed by atoms with Crippen molar-refractivity contribution in [2.45, 2.75) is 34.2 Å². The van der Waals surface area contributed by atoms with E-state index in [1.807, 2.05) is 70.2 Å². The summed E-state index contributed by atoms with van der Waals surface area (Å²) >= 11 is 0. The molecule has 0 aliphatic heterocycles. The molecular weight excluding hydrogens is 418 g/mol. The quantitative estimate of drug-likeness (QED) is 0.390. The van der Waals surface area contributed by atoms with Crippen molar-refractivity contribution in [3.05, 3.63) is 59.2 Å². The molecule has 2 aromatic heterocycles. The van der Waals surface area contributed by atoms with Gasteiger partial charge in [-0.05, 0) is 44.9 Å². The Labute approximate surface area is 192 Å². The average molecular weight is 446 g/mol. The van der Waals surface area contributed by atoms with Crippen LogP contribution in [0.1, 0.15) is 23.6 Å². The maximum Gasteiger partial charge on any atom is 0.265 e. The van der Waals surface area contributed by atoms with Crippen LogP contribution in [-0.2, 0) is 11.3 Å². The number of rotatable bonds is 7. The predicted molar refractivity (Wildman–Crippen MR) is 129 cm³/mol. The number of carbonyl (C=O) groups is 1. The van der Waals surface area contributed by atoms with Crippen molar-refractivity contribution in [3.63, 3.8) is 0 Å². The first-order chi connectivity index (χ1) is 15.9. The van der Waals surface area contributed by atoms with Gasteiger partial charge in [-0.25, -0.2) is 4.68 Å².